The quantitative estimate of drug-likeness (QED) is 0.533. The van der Waals surface area contributed by atoms with Crippen LogP contribution in [0.5, 0.6) is 0 Å². The van der Waals surface area contributed by atoms with E-state index in [1.54, 1.807) is 38.2 Å². The van der Waals surface area contributed by atoms with Crippen molar-refractivity contribution >= 4 is 23.5 Å². The summed E-state index contributed by atoms with van der Waals surface area (Å²) >= 11 is 0. The molecule has 0 aromatic carbocycles. The molecule has 4 rings (SSSR count). The molecule has 4 aliphatic carbocycles. The van der Waals surface area contributed by atoms with Gasteiger partial charge < -0.3 is 14.6 Å². The van der Waals surface area contributed by atoms with E-state index in [0.29, 0.717) is 28.1 Å². The summed E-state index contributed by atoms with van der Waals surface area (Å²) in [6, 6.07) is 0. The zero-order valence-corrected chi connectivity index (χ0v) is 18.4. The molecular weight excluding hydrogens is 412 g/mol. The van der Waals surface area contributed by atoms with Gasteiger partial charge in [0.2, 0.25) is 5.78 Å². The van der Waals surface area contributed by atoms with Gasteiger partial charge in [-0.3, -0.25) is 19.2 Å². The number of carbonyl (C=O) groups excluding carboxylic acids is 4. The number of hydrogen-bond acceptors (Lipinski definition) is 7. The number of Topliss-reactive ketones (excluding diaryl/α,β-unsaturated/α-hetero) is 2. The average molecular weight is 436 g/mol. The number of hydrogen-bond donors (Lipinski definition) is 1. The highest BCUT2D eigenvalue weighted by molar-refractivity contribution is 6.04. The lowest BCUT2D eigenvalue weighted by Gasteiger charge is -2.46. The average Bonchev–Trinajstić information content (AvgIpc) is 2.92. The fraction of sp³-hybridized carbons (Fsp3) is 0.400. The van der Waals surface area contributed by atoms with Crippen LogP contribution in [-0.4, -0.2) is 40.8 Å². The maximum absolute atomic E-state index is 13.4. The van der Waals surface area contributed by atoms with Crippen molar-refractivity contribution in [2.45, 2.75) is 39.7 Å². The second-order valence-corrected chi connectivity index (χ2v) is 8.82. The summed E-state index contributed by atoms with van der Waals surface area (Å²) in [4.78, 5) is 48.8. The fourth-order valence-electron chi connectivity index (χ4n) is 5.28. The molecule has 0 amide bonds. The molecule has 4 atom stereocenters. The molecule has 0 radical (unpaired) electrons. The first-order valence-electron chi connectivity index (χ1n) is 10.4. The monoisotopic (exact) mass is 436 g/mol. The number of ether oxygens (including phenoxy) is 2. The molecule has 0 aromatic heterocycles. The van der Waals surface area contributed by atoms with Crippen LogP contribution in [0, 0.1) is 17.3 Å². The van der Waals surface area contributed by atoms with Crippen LogP contribution in [0.2, 0.25) is 0 Å². The van der Waals surface area contributed by atoms with E-state index < -0.39 is 41.3 Å². The van der Waals surface area contributed by atoms with Crippen molar-refractivity contribution in [1.29, 1.82) is 0 Å². The Bertz CT molecular complexity index is 1150. The van der Waals surface area contributed by atoms with Gasteiger partial charge in [0.1, 0.15) is 11.4 Å². The Labute approximate surface area is 185 Å². The Balaban J connectivity index is 1.75. The molecular formula is C25H24O7. The molecule has 166 valence electrons. The van der Waals surface area contributed by atoms with E-state index >= 15 is 0 Å². The van der Waals surface area contributed by atoms with E-state index in [9.17, 15) is 24.3 Å². The zero-order valence-electron chi connectivity index (χ0n) is 18.4. The topological polar surface area (TPSA) is 107 Å². The summed E-state index contributed by atoms with van der Waals surface area (Å²) in [6.07, 6.45) is 8.58. The number of rotatable bonds is 4. The van der Waals surface area contributed by atoms with Gasteiger partial charge in [0.05, 0.1) is 0 Å². The number of ketones is 2. The van der Waals surface area contributed by atoms with Gasteiger partial charge in [-0.15, -0.1) is 5.73 Å². The second kappa shape index (κ2) is 7.40. The lowest BCUT2D eigenvalue weighted by atomic mass is 9.58. The van der Waals surface area contributed by atoms with Gasteiger partial charge in [-0.1, -0.05) is 26.0 Å². The number of carbonyl (C=O) groups is 4. The highest BCUT2D eigenvalue weighted by Gasteiger charge is 2.63. The van der Waals surface area contributed by atoms with Gasteiger partial charge in [-0.05, 0) is 29.4 Å². The van der Waals surface area contributed by atoms with E-state index in [1.165, 1.54) is 13.8 Å². The minimum absolute atomic E-state index is 0.0592. The molecule has 7 heteroatoms. The third kappa shape index (κ3) is 3.08. The number of aliphatic hydroxyl groups is 1. The first-order valence-corrected chi connectivity index (χ1v) is 10.4. The summed E-state index contributed by atoms with van der Waals surface area (Å²) < 4.78 is 9.99. The van der Waals surface area contributed by atoms with E-state index in [-0.39, 0.29) is 18.1 Å². The number of esters is 2. The van der Waals surface area contributed by atoms with Crippen molar-refractivity contribution in [3.63, 3.8) is 0 Å². The van der Waals surface area contributed by atoms with E-state index in [4.69, 9.17) is 9.47 Å². The van der Waals surface area contributed by atoms with Crippen molar-refractivity contribution in [2.24, 2.45) is 17.3 Å². The molecule has 7 nitrogen and oxygen atoms in total. The molecule has 0 spiro atoms. The Morgan fingerprint density at radius 1 is 1.25 bits per heavy atom. The van der Waals surface area contributed by atoms with Crippen LogP contribution < -0.4 is 0 Å². The summed E-state index contributed by atoms with van der Waals surface area (Å²) in [5.74, 6) is -2.42. The maximum atomic E-state index is 13.4. The number of fused-ring (bicyclic) bond motifs is 4. The highest BCUT2D eigenvalue weighted by atomic mass is 16.5. The Morgan fingerprint density at radius 3 is 2.62 bits per heavy atom. The Hall–Kier alpha value is -3.28. The van der Waals surface area contributed by atoms with Crippen LogP contribution >= 0.6 is 0 Å². The lowest BCUT2D eigenvalue weighted by Crippen LogP contribution is -2.57. The third-order valence-electron chi connectivity index (χ3n) is 6.78. The predicted octanol–water partition coefficient (Wildman–Crippen LogP) is 2.43. The molecule has 1 N–H and O–H groups in total. The molecule has 0 fully saturated rings. The molecule has 0 heterocycles. The zero-order chi connectivity index (χ0) is 23.4. The third-order valence-corrected chi connectivity index (χ3v) is 6.78. The van der Waals surface area contributed by atoms with Crippen molar-refractivity contribution in [2.75, 3.05) is 6.61 Å². The second-order valence-electron chi connectivity index (χ2n) is 8.82. The lowest BCUT2D eigenvalue weighted by molar-refractivity contribution is -0.164. The molecule has 0 unspecified atom stereocenters. The molecule has 0 aromatic rings. The molecule has 4 aliphatic rings. The minimum Gasteiger partial charge on any atom is -0.458 e. The van der Waals surface area contributed by atoms with Crippen molar-refractivity contribution in [3.05, 3.63) is 64.2 Å². The smallest absolute Gasteiger partial charge is 0.308 e. The first-order chi connectivity index (χ1) is 15.0. The largest absolute Gasteiger partial charge is 0.458 e. The summed E-state index contributed by atoms with van der Waals surface area (Å²) in [6.45, 7) is 5.38. The Morgan fingerprint density at radius 2 is 1.97 bits per heavy atom. The van der Waals surface area contributed by atoms with Crippen molar-refractivity contribution in [1.82, 2.24) is 0 Å². The van der Waals surface area contributed by atoms with E-state index in [2.05, 4.69) is 5.73 Å². The maximum Gasteiger partial charge on any atom is 0.308 e. The van der Waals surface area contributed by atoms with E-state index in [0.717, 1.165) is 0 Å². The molecule has 0 bridgehead atoms. The normalized spacial score (nSPS) is 32.3. The molecule has 0 aliphatic heterocycles. The molecule has 0 saturated carbocycles. The van der Waals surface area contributed by atoms with Crippen LogP contribution in [0.25, 0.3) is 0 Å². The van der Waals surface area contributed by atoms with Gasteiger partial charge in [0.25, 0.3) is 0 Å². The van der Waals surface area contributed by atoms with E-state index in [1.807, 2.05) is 6.08 Å². The van der Waals surface area contributed by atoms with Gasteiger partial charge >= 0.3 is 11.9 Å². The van der Waals surface area contributed by atoms with Crippen LogP contribution in [0.1, 0.15) is 34.1 Å². The standard InChI is InChI=1S/C25H24O7/c1-13-9-20-19-7-5-16-10-17(32-15(3)27)6-8-18(16)23(19)21(28)11-24(20,4)25(13,30)22(29)12-31-14(2)26/h6-10,13,18,30H,11-12H2,1-4H3/t13-,18+,24+,25+/m1/s1. The molecule has 32 heavy (non-hydrogen) atoms. The van der Waals surface area contributed by atoms with Crippen LogP contribution in [-0.2, 0) is 28.7 Å². The predicted molar refractivity (Wildman–Crippen MR) is 113 cm³/mol. The fourth-order valence-corrected chi connectivity index (χ4v) is 5.28. The van der Waals surface area contributed by atoms with Crippen LogP contribution in [0.4, 0.5) is 0 Å². The van der Waals surface area contributed by atoms with Crippen molar-refractivity contribution in [3.8, 4) is 0 Å². The Kier molecular flexibility index (Phi) is 5.07. The molecule has 0 saturated heterocycles. The SMILES string of the molecule is CC(=O)OCC(=O)[C@@]1(O)[C@H](C)C=C2C3=C(C(=O)C[C@@]21C)[C@H]1C=CC(OC(C)=O)=CC1=C=C3. The van der Waals surface area contributed by atoms with Crippen LogP contribution in [0.15, 0.2) is 64.2 Å². The summed E-state index contributed by atoms with van der Waals surface area (Å²) in [7, 11) is 0. The summed E-state index contributed by atoms with van der Waals surface area (Å²) in [5.41, 5.74) is 2.77. The van der Waals surface area contributed by atoms with Gasteiger partial charge in [0.15, 0.2) is 12.4 Å². The number of allylic oxidation sites excluding steroid dienone is 6. The van der Waals surface area contributed by atoms with Gasteiger partial charge in [-0.2, -0.15) is 0 Å². The summed E-state index contributed by atoms with van der Waals surface area (Å²) in [5, 5.41) is 11.6. The van der Waals surface area contributed by atoms with Gasteiger partial charge in [0, 0.05) is 48.7 Å². The van der Waals surface area contributed by atoms with Crippen LogP contribution in [0.3, 0.4) is 0 Å². The first kappa shape index (κ1) is 21.9. The highest BCUT2D eigenvalue weighted by Crippen LogP contribution is 2.59. The van der Waals surface area contributed by atoms with Gasteiger partial charge in [-0.25, -0.2) is 0 Å². The minimum atomic E-state index is -1.88. The van der Waals surface area contributed by atoms with Crippen molar-refractivity contribution < 1.29 is 33.8 Å².